The highest BCUT2D eigenvalue weighted by Crippen LogP contribution is 2.18. The van der Waals surface area contributed by atoms with E-state index in [1.807, 2.05) is 36.4 Å². The molecule has 0 aliphatic heterocycles. The molecule has 1 aromatic rings. The van der Waals surface area contributed by atoms with E-state index in [0.717, 1.165) is 14.7 Å². The topological polar surface area (TPSA) is 0 Å². The average Bonchev–Trinajstić information content (AvgIpc) is 1.93. The Morgan fingerprint density at radius 3 is 2.40 bits per heavy atom. The molecule has 0 heterocycles. The van der Waals surface area contributed by atoms with E-state index in [0.29, 0.717) is 0 Å². The molecule has 0 aliphatic carbocycles. The van der Waals surface area contributed by atoms with Gasteiger partial charge in [0.05, 0.1) is 3.57 Å². The summed E-state index contributed by atoms with van der Waals surface area (Å²) in [6, 6.07) is 3.30. The zero-order valence-electron chi connectivity index (χ0n) is 5.91. The maximum atomic E-state index is 12.8. The van der Waals surface area contributed by atoms with Crippen molar-refractivity contribution in [2.75, 3.05) is 0 Å². The number of rotatable bonds is 0. The summed E-state index contributed by atoms with van der Waals surface area (Å²) in [6.07, 6.45) is 0. The third kappa shape index (κ3) is 1.31. The van der Waals surface area contributed by atoms with Gasteiger partial charge in [0.1, 0.15) is 5.82 Å². The van der Waals surface area contributed by atoms with E-state index >= 15 is 0 Å². The quantitative estimate of drug-likeness (QED) is 0.621. The van der Waals surface area contributed by atoms with Gasteiger partial charge in [-0.2, -0.15) is 0 Å². The van der Waals surface area contributed by atoms with Gasteiger partial charge in [-0.15, -0.1) is 0 Å². The highest BCUT2D eigenvalue weighted by atomic mass is 127. The Morgan fingerprint density at radius 2 is 1.90 bits per heavy atom. The van der Waals surface area contributed by atoms with Crippen LogP contribution in [0.15, 0.2) is 12.1 Å². The highest BCUT2D eigenvalue weighted by Gasteiger charge is 2.02. The van der Waals surface area contributed by atoms with E-state index in [9.17, 15) is 4.39 Å². The van der Waals surface area contributed by atoms with Gasteiger partial charge in [0.2, 0.25) is 0 Å². The number of benzene rings is 1. The molecule has 0 bridgehead atoms. The van der Waals surface area contributed by atoms with Crippen LogP contribution >= 0.6 is 22.6 Å². The Labute approximate surface area is 73.6 Å². The first-order valence-electron chi connectivity index (χ1n) is 3.04. The summed E-state index contributed by atoms with van der Waals surface area (Å²) >= 11 is 2.02. The van der Waals surface area contributed by atoms with E-state index in [1.54, 1.807) is 6.07 Å². The van der Waals surface area contributed by atoms with E-state index in [1.165, 1.54) is 6.07 Å². The number of halogens is 2. The van der Waals surface area contributed by atoms with Crippen LogP contribution in [-0.4, -0.2) is 0 Å². The van der Waals surface area contributed by atoms with Gasteiger partial charge in [-0.1, -0.05) is 6.07 Å². The van der Waals surface area contributed by atoms with Gasteiger partial charge in [-0.3, -0.25) is 0 Å². The van der Waals surface area contributed by atoms with Crippen LogP contribution in [0.2, 0.25) is 0 Å². The van der Waals surface area contributed by atoms with Crippen LogP contribution in [0, 0.1) is 23.2 Å². The van der Waals surface area contributed by atoms with Crippen LogP contribution in [-0.2, 0) is 0 Å². The summed E-state index contributed by atoms with van der Waals surface area (Å²) in [4.78, 5) is 0. The van der Waals surface area contributed by atoms with Crippen LogP contribution in [0.4, 0.5) is 4.39 Å². The van der Waals surface area contributed by atoms with E-state index in [-0.39, 0.29) is 5.82 Å². The molecule has 1 aromatic carbocycles. The van der Waals surface area contributed by atoms with Crippen molar-refractivity contribution in [2.24, 2.45) is 0 Å². The second-order valence-electron chi connectivity index (χ2n) is 2.30. The molecule has 0 spiro atoms. The number of aryl methyl sites for hydroxylation is 1. The van der Waals surface area contributed by atoms with Crippen molar-refractivity contribution >= 4 is 22.6 Å². The van der Waals surface area contributed by atoms with Gasteiger partial charge in [0.25, 0.3) is 0 Å². The Morgan fingerprint density at radius 1 is 1.30 bits per heavy atom. The number of hydrogen-bond donors (Lipinski definition) is 0. The molecular formula is C8H8FI. The fourth-order valence-corrected chi connectivity index (χ4v) is 1.35. The zero-order valence-corrected chi connectivity index (χ0v) is 8.07. The minimum atomic E-state index is -0.122. The molecule has 0 saturated carbocycles. The standard InChI is InChI=1S/C8H8FI/c1-5-3-4-7(9)8(10)6(5)2/h3-4H,1-2H3. The van der Waals surface area contributed by atoms with Gasteiger partial charge >= 0.3 is 0 Å². The van der Waals surface area contributed by atoms with Gasteiger partial charge in [0.15, 0.2) is 0 Å². The maximum Gasteiger partial charge on any atom is 0.136 e. The molecule has 0 radical (unpaired) electrons. The molecule has 0 nitrogen and oxygen atoms in total. The second kappa shape index (κ2) is 2.86. The summed E-state index contributed by atoms with van der Waals surface area (Å²) in [5.74, 6) is -0.122. The lowest BCUT2D eigenvalue weighted by molar-refractivity contribution is 0.618. The molecule has 0 saturated heterocycles. The minimum absolute atomic E-state index is 0.122. The Bertz CT molecular complexity index is 229. The molecule has 0 unspecified atom stereocenters. The Balaban J connectivity index is 3.34. The van der Waals surface area contributed by atoms with E-state index in [4.69, 9.17) is 0 Å². The summed E-state index contributed by atoms with van der Waals surface area (Å²) in [6.45, 7) is 3.91. The minimum Gasteiger partial charge on any atom is -0.206 e. The smallest absolute Gasteiger partial charge is 0.136 e. The monoisotopic (exact) mass is 250 g/mol. The molecule has 0 amide bonds. The highest BCUT2D eigenvalue weighted by molar-refractivity contribution is 14.1. The Hall–Kier alpha value is -0.120. The summed E-state index contributed by atoms with van der Waals surface area (Å²) in [7, 11) is 0. The molecule has 1 rings (SSSR count). The normalized spacial score (nSPS) is 10.0. The van der Waals surface area contributed by atoms with Crippen molar-refractivity contribution in [1.29, 1.82) is 0 Å². The van der Waals surface area contributed by atoms with Gasteiger partial charge < -0.3 is 0 Å². The molecule has 0 aromatic heterocycles. The third-order valence-corrected chi connectivity index (χ3v) is 2.93. The van der Waals surface area contributed by atoms with Crippen LogP contribution < -0.4 is 0 Å². The first-order chi connectivity index (χ1) is 4.63. The lowest BCUT2D eigenvalue weighted by atomic mass is 10.1. The van der Waals surface area contributed by atoms with E-state index < -0.39 is 0 Å². The zero-order chi connectivity index (χ0) is 7.72. The first kappa shape index (κ1) is 7.98. The summed E-state index contributed by atoms with van der Waals surface area (Å²) < 4.78 is 13.5. The summed E-state index contributed by atoms with van der Waals surface area (Å²) in [5, 5.41) is 0. The van der Waals surface area contributed by atoms with Crippen molar-refractivity contribution in [1.82, 2.24) is 0 Å². The molecule has 10 heavy (non-hydrogen) atoms. The molecule has 0 fully saturated rings. The van der Waals surface area contributed by atoms with Crippen molar-refractivity contribution in [3.63, 3.8) is 0 Å². The summed E-state index contributed by atoms with van der Waals surface area (Å²) in [5.41, 5.74) is 2.19. The molecular weight excluding hydrogens is 242 g/mol. The molecule has 2 heteroatoms. The van der Waals surface area contributed by atoms with Gasteiger partial charge in [-0.25, -0.2) is 4.39 Å². The lowest BCUT2D eigenvalue weighted by Gasteiger charge is -2.01. The Kier molecular flexibility index (Phi) is 2.28. The van der Waals surface area contributed by atoms with Crippen LogP contribution in [0.3, 0.4) is 0 Å². The largest absolute Gasteiger partial charge is 0.206 e. The van der Waals surface area contributed by atoms with Crippen molar-refractivity contribution in [3.05, 3.63) is 32.6 Å². The molecule has 54 valence electrons. The van der Waals surface area contributed by atoms with Crippen molar-refractivity contribution < 1.29 is 4.39 Å². The fourth-order valence-electron chi connectivity index (χ4n) is 0.749. The predicted octanol–water partition coefficient (Wildman–Crippen LogP) is 3.05. The average molecular weight is 250 g/mol. The van der Waals surface area contributed by atoms with Crippen LogP contribution in [0.5, 0.6) is 0 Å². The maximum absolute atomic E-state index is 12.8. The van der Waals surface area contributed by atoms with Crippen molar-refractivity contribution in [2.45, 2.75) is 13.8 Å². The van der Waals surface area contributed by atoms with Crippen LogP contribution in [0.25, 0.3) is 0 Å². The second-order valence-corrected chi connectivity index (χ2v) is 3.38. The van der Waals surface area contributed by atoms with E-state index in [2.05, 4.69) is 0 Å². The predicted molar refractivity (Wildman–Crippen MR) is 48.6 cm³/mol. The first-order valence-corrected chi connectivity index (χ1v) is 4.12. The lowest BCUT2D eigenvalue weighted by Crippen LogP contribution is -1.89. The van der Waals surface area contributed by atoms with Crippen LogP contribution in [0.1, 0.15) is 11.1 Å². The molecule has 0 N–H and O–H groups in total. The van der Waals surface area contributed by atoms with Crippen molar-refractivity contribution in [3.8, 4) is 0 Å². The molecule has 0 atom stereocenters. The number of hydrogen-bond acceptors (Lipinski definition) is 0. The van der Waals surface area contributed by atoms with Gasteiger partial charge in [-0.05, 0) is 53.6 Å². The van der Waals surface area contributed by atoms with Gasteiger partial charge in [0, 0.05) is 0 Å². The molecule has 0 aliphatic rings. The third-order valence-electron chi connectivity index (χ3n) is 1.61. The SMILES string of the molecule is Cc1ccc(F)c(I)c1C. The fraction of sp³-hybridized carbons (Fsp3) is 0.250.